The lowest BCUT2D eigenvalue weighted by Crippen LogP contribution is -2.33. The van der Waals surface area contributed by atoms with Gasteiger partial charge in [0.2, 0.25) is 11.8 Å². The molecule has 6 nitrogen and oxygen atoms in total. The summed E-state index contributed by atoms with van der Waals surface area (Å²) in [4.78, 5) is 14.3. The third kappa shape index (κ3) is 2.62. The Bertz CT molecular complexity index is 701. The lowest BCUT2D eigenvalue weighted by Gasteiger charge is -2.18. The summed E-state index contributed by atoms with van der Waals surface area (Å²) in [5, 5.41) is 8.02. The van der Waals surface area contributed by atoms with E-state index in [4.69, 9.17) is 16.3 Å². The maximum atomic E-state index is 12.6. The third-order valence-electron chi connectivity index (χ3n) is 3.72. The summed E-state index contributed by atoms with van der Waals surface area (Å²) in [5.74, 6) is 1.26. The number of hydrogen-bond donors (Lipinski definition) is 1. The fourth-order valence-corrected chi connectivity index (χ4v) is 2.85. The number of aromatic nitrogens is 2. The number of hydrogen-bond acceptors (Lipinski definition) is 4. The van der Waals surface area contributed by atoms with Crippen molar-refractivity contribution in [3.05, 3.63) is 35.4 Å². The summed E-state index contributed by atoms with van der Waals surface area (Å²) >= 11 is 6.17. The van der Waals surface area contributed by atoms with Gasteiger partial charge < -0.3 is 15.0 Å². The molecule has 1 amide bonds. The first-order chi connectivity index (χ1) is 10.6. The van der Waals surface area contributed by atoms with Crippen molar-refractivity contribution in [2.24, 2.45) is 7.05 Å². The summed E-state index contributed by atoms with van der Waals surface area (Å²) in [6, 6.07) is 8.82. The SMILES string of the molecule is COc1cc(NC2CCN(c3ccccc3Cl)C2=O)nn1C. The first kappa shape index (κ1) is 14.7. The monoisotopic (exact) mass is 320 g/mol. The van der Waals surface area contributed by atoms with E-state index in [1.165, 1.54) is 0 Å². The van der Waals surface area contributed by atoms with Crippen LogP contribution in [0.3, 0.4) is 0 Å². The van der Waals surface area contributed by atoms with Crippen molar-refractivity contribution >= 4 is 29.0 Å². The summed E-state index contributed by atoms with van der Waals surface area (Å²) in [5.41, 5.74) is 0.747. The van der Waals surface area contributed by atoms with Gasteiger partial charge in [-0.25, -0.2) is 4.68 Å². The zero-order chi connectivity index (χ0) is 15.7. The van der Waals surface area contributed by atoms with Crippen molar-refractivity contribution in [2.45, 2.75) is 12.5 Å². The molecule has 22 heavy (non-hydrogen) atoms. The van der Waals surface area contributed by atoms with E-state index in [1.54, 1.807) is 35.9 Å². The Labute approximate surface area is 133 Å². The minimum atomic E-state index is -0.309. The predicted octanol–water partition coefficient (Wildman–Crippen LogP) is 2.30. The van der Waals surface area contributed by atoms with Gasteiger partial charge in [-0.05, 0) is 18.6 Å². The maximum absolute atomic E-state index is 12.6. The van der Waals surface area contributed by atoms with Gasteiger partial charge in [0.15, 0.2) is 5.82 Å². The molecule has 0 radical (unpaired) electrons. The van der Waals surface area contributed by atoms with Gasteiger partial charge in [-0.1, -0.05) is 23.7 Å². The Morgan fingerprint density at radius 1 is 1.41 bits per heavy atom. The van der Waals surface area contributed by atoms with E-state index in [1.807, 2.05) is 18.2 Å². The van der Waals surface area contributed by atoms with Crippen molar-refractivity contribution in [1.82, 2.24) is 9.78 Å². The average molecular weight is 321 g/mol. The fourth-order valence-electron chi connectivity index (χ4n) is 2.61. The zero-order valence-electron chi connectivity index (χ0n) is 12.4. The molecule has 0 saturated carbocycles. The second-order valence-electron chi connectivity index (χ2n) is 5.12. The standard InChI is InChI=1S/C15H17ClN4O2/c1-19-14(22-2)9-13(18-19)17-11-7-8-20(15(11)21)12-6-4-3-5-10(12)16/h3-6,9,11H,7-8H2,1-2H3,(H,17,18). The van der Waals surface area contributed by atoms with Crippen LogP contribution in [0.15, 0.2) is 30.3 Å². The number of nitrogens with one attached hydrogen (secondary N) is 1. The molecular weight excluding hydrogens is 304 g/mol. The molecule has 3 rings (SSSR count). The number of anilines is 2. The summed E-state index contributed by atoms with van der Waals surface area (Å²) < 4.78 is 6.79. The lowest BCUT2D eigenvalue weighted by molar-refractivity contribution is -0.117. The number of ether oxygens (including phenoxy) is 1. The van der Waals surface area contributed by atoms with Gasteiger partial charge in [-0.2, -0.15) is 5.10 Å². The van der Waals surface area contributed by atoms with E-state index < -0.39 is 0 Å². The van der Waals surface area contributed by atoms with Crippen molar-refractivity contribution in [2.75, 3.05) is 23.9 Å². The van der Waals surface area contributed by atoms with Gasteiger partial charge in [0.25, 0.3) is 0 Å². The van der Waals surface area contributed by atoms with Crippen LogP contribution < -0.4 is 15.0 Å². The Morgan fingerprint density at radius 2 is 2.18 bits per heavy atom. The Hall–Kier alpha value is -2.21. The van der Waals surface area contributed by atoms with Crippen LogP contribution in [-0.2, 0) is 11.8 Å². The molecule has 116 valence electrons. The van der Waals surface area contributed by atoms with E-state index in [9.17, 15) is 4.79 Å². The van der Waals surface area contributed by atoms with Crippen LogP contribution in [0.1, 0.15) is 6.42 Å². The number of benzene rings is 1. The molecule has 1 aromatic carbocycles. The average Bonchev–Trinajstić information content (AvgIpc) is 3.04. The van der Waals surface area contributed by atoms with Gasteiger partial charge in [0.1, 0.15) is 6.04 Å². The number of amides is 1. The molecular formula is C15H17ClN4O2. The second kappa shape index (κ2) is 5.88. The highest BCUT2D eigenvalue weighted by Gasteiger charge is 2.33. The van der Waals surface area contributed by atoms with E-state index in [-0.39, 0.29) is 11.9 Å². The van der Waals surface area contributed by atoms with Crippen LogP contribution in [0, 0.1) is 0 Å². The molecule has 1 aliphatic rings. The molecule has 7 heteroatoms. The number of carbonyl (C=O) groups is 1. The number of carbonyl (C=O) groups excluding carboxylic acids is 1. The van der Waals surface area contributed by atoms with Crippen molar-refractivity contribution < 1.29 is 9.53 Å². The van der Waals surface area contributed by atoms with E-state index in [0.717, 1.165) is 5.69 Å². The van der Waals surface area contributed by atoms with Gasteiger partial charge >= 0.3 is 0 Å². The predicted molar refractivity (Wildman–Crippen MR) is 85.6 cm³/mol. The van der Waals surface area contributed by atoms with Crippen LogP contribution in [0.2, 0.25) is 5.02 Å². The Kier molecular flexibility index (Phi) is 3.94. The van der Waals surface area contributed by atoms with Crippen molar-refractivity contribution in [1.29, 1.82) is 0 Å². The molecule has 1 atom stereocenters. The van der Waals surface area contributed by atoms with Gasteiger partial charge in [-0.3, -0.25) is 4.79 Å². The summed E-state index contributed by atoms with van der Waals surface area (Å²) in [6.07, 6.45) is 0.697. The highest BCUT2D eigenvalue weighted by atomic mass is 35.5. The molecule has 2 aromatic rings. The molecule has 1 N–H and O–H groups in total. The van der Waals surface area contributed by atoms with Crippen LogP contribution in [0.25, 0.3) is 0 Å². The molecule has 1 aromatic heterocycles. The van der Waals surface area contributed by atoms with Crippen LogP contribution in [-0.4, -0.2) is 35.4 Å². The Balaban J connectivity index is 1.75. The van der Waals surface area contributed by atoms with Gasteiger partial charge in [0.05, 0.1) is 17.8 Å². The minimum Gasteiger partial charge on any atom is -0.481 e. The smallest absolute Gasteiger partial charge is 0.249 e. The molecule has 0 spiro atoms. The van der Waals surface area contributed by atoms with Gasteiger partial charge in [0, 0.05) is 19.7 Å². The van der Waals surface area contributed by atoms with E-state index in [2.05, 4.69) is 10.4 Å². The maximum Gasteiger partial charge on any atom is 0.249 e. The van der Waals surface area contributed by atoms with Crippen molar-refractivity contribution in [3.63, 3.8) is 0 Å². The number of aryl methyl sites for hydroxylation is 1. The first-order valence-corrected chi connectivity index (χ1v) is 7.38. The second-order valence-corrected chi connectivity index (χ2v) is 5.53. The number of halogens is 1. The third-order valence-corrected chi connectivity index (χ3v) is 4.04. The van der Waals surface area contributed by atoms with E-state index >= 15 is 0 Å². The van der Waals surface area contributed by atoms with Gasteiger partial charge in [-0.15, -0.1) is 0 Å². The number of para-hydroxylation sites is 1. The lowest BCUT2D eigenvalue weighted by atomic mass is 10.2. The fraction of sp³-hybridized carbons (Fsp3) is 0.333. The number of rotatable bonds is 4. The normalized spacial score (nSPS) is 17.9. The molecule has 2 heterocycles. The Morgan fingerprint density at radius 3 is 2.86 bits per heavy atom. The topological polar surface area (TPSA) is 59.4 Å². The number of nitrogens with zero attached hydrogens (tertiary/aromatic N) is 3. The number of methoxy groups -OCH3 is 1. The van der Waals surface area contributed by atoms with Crippen molar-refractivity contribution in [3.8, 4) is 5.88 Å². The van der Waals surface area contributed by atoms with Crippen LogP contribution >= 0.6 is 11.6 Å². The molecule has 1 fully saturated rings. The highest BCUT2D eigenvalue weighted by Crippen LogP contribution is 2.30. The largest absolute Gasteiger partial charge is 0.481 e. The highest BCUT2D eigenvalue weighted by molar-refractivity contribution is 6.34. The molecule has 1 saturated heterocycles. The molecule has 1 unspecified atom stereocenters. The quantitative estimate of drug-likeness (QED) is 0.939. The van der Waals surface area contributed by atoms with E-state index in [0.29, 0.717) is 29.7 Å². The summed E-state index contributed by atoms with van der Waals surface area (Å²) in [7, 11) is 3.37. The molecule has 0 bridgehead atoms. The van der Waals surface area contributed by atoms with Crippen LogP contribution in [0.4, 0.5) is 11.5 Å². The summed E-state index contributed by atoms with van der Waals surface area (Å²) in [6.45, 7) is 0.629. The zero-order valence-corrected chi connectivity index (χ0v) is 13.2. The minimum absolute atomic E-state index is 0.00211. The molecule has 1 aliphatic heterocycles. The first-order valence-electron chi connectivity index (χ1n) is 7.00. The molecule has 0 aliphatic carbocycles. The van der Waals surface area contributed by atoms with Crippen LogP contribution in [0.5, 0.6) is 5.88 Å².